The molecule has 3 saturated carbocycles. The predicted octanol–water partition coefficient (Wildman–Crippen LogP) is 2.67. The van der Waals surface area contributed by atoms with Crippen molar-refractivity contribution >= 4 is 11.9 Å². The van der Waals surface area contributed by atoms with Gasteiger partial charge in [-0.1, -0.05) is 19.3 Å². The fourth-order valence-electron chi connectivity index (χ4n) is 4.75. The van der Waals surface area contributed by atoms with Gasteiger partial charge in [-0.3, -0.25) is 9.59 Å². The highest BCUT2D eigenvalue weighted by atomic mass is 16.4. The van der Waals surface area contributed by atoms with Crippen LogP contribution in [0, 0.1) is 17.8 Å². The summed E-state index contributed by atoms with van der Waals surface area (Å²) in [7, 11) is 0. The molecule has 3 unspecified atom stereocenters. The lowest BCUT2D eigenvalue weighted by Crippen LogP contribution is -2.43. The third-order valence-corrected chi connectivity index (χ3v) is 5.71. The molecule has 3 atom stereocenters. The minimum Gasteiger partial charge on any atom is -0.480 e. The molecular formula is C16H25NO3. The normalized spacial score (nSPS) is 32.7. The fraction of sp³-hybridized carbons (Fsp3) is 0.875. The summed E-state index contributed by atoms with van der Waals surface area (Å²) in [6.45, 7) is -0.107. The van der Waals surface area contributed by atoms with Crippen LogP contribution < -0.4 is 0 Å². The van der Waals surface area contributed by atoms with E-state index in [9.17, 15) is 9.59 Å². The molecule has 0 saturated heterocycles. The average Bonchev–Trinajstić information content (AvgIpc) is 3.12. The van der Waals surface area contributed by atoms with Gasteiger partial charge in [0.2, 0.25) is 5.91 Å². The van der Waals surface area contributed by atoms with Crippen LogP contribution in [0.2, 0.25) is 0 Å². The van der Waals surface area contributed by atoms with Gasteiger partial charge in [0.25, 0.3) is 0 Å². The van der Waals surface area contributed by atoms with Gasteiger partial charge in [-0.2, -0.15) is 0 Å². The zero-order valence-corrected chi connectivity index (χ0v) is 12.1. The van der Waals surface area contributed by atoms with Crippen molar-refractivity contribution in [3.63, 3.8) is 0 Å². The number of carboxylic acid groups (broad SMARTS) is 1. The van der Waals surface area contributed by atoms with Crippen molar-refractivity contribution in [2.24, 2.45) is 17.8 Å². The van der Waals surface area contributed by atoms with Crippen LogP contribution in [0.15, 0.2) is 0 Å². The van der Waals surface area contributed by atoms with Crippen LogP contribution in [0.4, 0.5) is 0 Å². The van der Waals surface area contributed by atoms with Gasteiger partial charge in [0, 0.05) is 12.5 Å². The summed E-state index contributed by atoms with van der Waals surface area (Å²) in [5.74, 6) is 1.32. The monoisotopic (exact) mass is 279 g/mol. The van der Waals surface area contributed by atoms with Crippen molar-refractivity contribution in [3.05, 3.63) is 0 Å². The van der Waals surface area contributed by atoms with E-state index in [0.29, 0.717) is 12.3 Å². The zero-order valence-electron chi connectivity index (χ0n) is 12.1. The van der Waals surface area contributed by atoms with Gasteiger partial charge in [-0.05, 0) is 49.9 Å². The van der Waals surface area contributed by atoms with E-state index in [1.54, 1.807) is 4.90 Å². The molecular weight excluding hydrogens is 254 g/mol. The van der Waals surface area contributed by atoms with E-state index >= 15 is 0 Å². The van der Waals surface area contributed by atoms with Crippen LogP contribution in [0.1, 0.15) is 57.8 Å². The Morgan fingerprint density at radius 3 is 2.35 bits per heavy atom. The van der Waals surface area contributed by atoms with Gasteiger partial charge in [0.05, 0.1) is 0 Å². The number of hydrogen-bond acceptors (Lipinski definition) is 2. The third-order valence-electron chi connectivity index (χ3n) is 5.71. The first-order valence-corrected chi connectivity index (χ1v) is 8.14. The summed E-state index contributed by atoms with van der Waals surface area (Å²) in [6.07, 6.45) is 9.94. The summed E-state index contributed by atoms with van der Waals surface area (Å²) < 4.78 is 0. The number of hydrogen-bond donors (Lipinski definition) is 1. The Balaban J connectivity index is 1.60. The molecule has 0 aromatic carbocycles. The lowest BCUT2D eigenvalue weighted by Gasteiger charge is -2.30. The van der Waals surface area contributed by atoms with E-state index in [4.69, 9.17) is 5.11 Å². The Morgan fingerprint density at radius 1 is 1.05 bits per heavy atom. The molecule has 1 amide bonds. The van der Waals surface area contributed by atoms with Crippen molar-refractivity contribution in [2.45, 2.75) is 63.8 Å². The number of rotatable bonds is 5. The second-order valence-electron chi connectivity index (χ2n) is 6.99. The lowest BCUT2D eigenvalue weighted by atomic mass is 9.86. The SMILES string of the molecule is O=C(O)CN(C(=O)CC1CC2CCC1C2)C1CCCC1. The quantitative estimate of drug-likeness (QED) is 0.841. The topological polar surface area (TPSA) is 57.6 Å². The van der Waals surface area contributed by atoms with Gasteiger partial charge in [0.1, 0.15) is 6.54 Å². The van der Waals surface area contributed by atoms with Crippen molar-refractivity contribution in [2.75, 3.05) is 6.54 Å². The highest BCUT2D eigenvalue weighted by molar-refractivity contribution is 5.82. The number of carboxylic acids is 1. The maximum Gasteiger partial charge on any atom is 0.323 e. The Morgan fingerprint density at radius 2 is 1.80 bits per heavy atom. The number of aliphatic carboxylic acids is 1. The molecule has 0 heterocycles. The second-order valence-corrected chi connectivity index (χ2v) is 6.99. The number of carbonyl (C=O) groups is 2. The van der Waals surface area contributed by atoms with Gasteiger partial charge in [-0.25, -0.2) is 0 Å². The molecule has 1 N–H and O–H groups in total. The van der Waals surface area contributed by atoms with E-state index in [2.05, 4.69) is 0 Å². The maximum atomic E-state index is 12.6. The van der Waals surface area contributed by atoms with Crippen LogP contribution in [0.5, 0.6) is 0 Å². The molecule has 0 aliphatic heterocycles. The Hall–Kier alpha value is -1.06. The second kappa shape index (κ2) is 5.74. The average molecular weight is 279 g/mol. The van der Waals surface area contributed by atoms with Crippen molar-refractivity contribution in [3.8, 4) is 0 Å². The minimum atomic E-state index is -0.877. The molecule has 3 aliphatic rings. The zero-order chi connectivity index (χ0) is 14.1. The summed E-state index contributed by atoms with van der Waals surface area (Å²) >= 11 is 0. The molecule has 4 nitrogen and oxygen atoms in total. The van der Waals surface area contributed by atoms with Crippen LogP contribution >= 0.6 is 0 Å². The molecule has 3 fully saturated rings. The van der Waals surface area contributed by atoms with Crippen LogP contribution in [0.25, 0.3) is 0 Å². The molecule has 4 heteroatoms. The molecule has 0 radical (unpaired) electrons. The Kier molecular flexibility index (Phi) is 3.99. The van der Waals surface area contributed by atoms with Gasteiger partial charge in [0.15, 0.2) is 0 Å². The van der Waals surface area contributed by atoms with Crippen LogP contribution in [0.3, 0.4) is 0 Å². The highest BCUT2D eigenvalue weighted by Crippen LogP contribution is 2.49. The van der Waals surface area contributed by atoms with Crippen LogP contribution in [-0.4, -0.2) is 34.5 Å². The van der Waals surface area contributed by atoms with E-state index < -0.39 is 5.97 Å². The molecule has 112 valence electrons. The summed E-state index contributed by atoms with van der Waals surface area (Å²) in [6, 6.07) is 0.178. The Bertz CT molecular complexity index is 389. The highest BCUT2D eigenvalue weighted by Gasteiger charge is 2.41. The van der Waals surface area contributed by atoms with Crippen LogP contribution in [-0.2, 0) is 9.59 Å². The molecule has 0 aromatic heterocycles. The molecule has 3 rings (SSSR count). The molecule has 0 aromatic rings. The minimum absolute atomic E-state index is 0.0943. The van der Waals surface area contributed by atoms with Gasteiger partial charge in [-0.15, -0.1) is 0 Å². The lowest BCUT2D eigenvalue weighted by molar-refractivity contribution is -0.146. The van der Waals surface area contributed by atoms with E-state index in [1.807, 2.05) is 0 Å². The van der Waals surface area contributed by atoms with E-state index in [1.165, 1.54) is 25.7 Å². The third kappa shape index (κ3) is 2.84. The van der Waals surface area contributed by atoms with E-state index in [-0.39, 0.29) is 18.5 Å². The Labute approximate surface area is 120 Å². The summed E-state index contributed by atoms with van der Waals surface area (Å²) in [4.78, 5) is 25.3. The smallest absolute Gasteiger partial charge is 0.323 e. The van der Waals surface area contributed by atoms with Crippen molar-refractivity contribution in [1.82, 2.24) is 4.90 Å². The maximum absolute atomic E-state index is 12.6. The first-order chi connectivity index (χ1) is 9.63. The van der Waals surface area contributed by atoms with E-state index in [0.717, 1.165) is 37.5 Å². The van der Waals surface area contributed by atoms with Crippen molar-refractivity contribution < 1.29 is 14.7 Å². The predicted molar refractivity (Wildman–Crippen MR) is 75.2 cm³/mol. The van der Waals surface area contributed by atoms with Gasteiger partial charge >= 0.3 is 5.97 Å². The molecule has 20 heavy (non-hydrogen) atoms. The van der Waals surface area contributed by atoms with Crippen molar-refractivity contribution in [1.29, 1.82) is 0 Å². The largest absolute Gasteiger partial charge is 0.480 e. The van der Waals surface area contributed by atoms with Gasteiger partial charge < -0.3 is 10.0 Å². The number of amides is 1. The molecule has 3 aliphatic carbocycles. The number of fused-ring (bicyclic) bond motifs is 2. The number of carbonyl (C=O) groups excluding carboxylic acids is 1. The summed E-state index contributed by atoms with van der Waals surface area (Å²) in [5.41, 5.74) is 0. The summed E-state index contributed by atoms with van der Waals surface area (Å²) in [5, 5.41) is 9.07. The molecule has 2 bridgehead atoms. The first-order valence-electron chi connectivity index (χ1n) is 8.14. The first kappa shape index (κ1) is 13.9. The fourth-order valence-corrected chi connectivity index (χ4v) is 4.75. The standard InChI is InChI=1S/C16H25NO3/c18-15(9-13-8-11-5-6-12(13)7-11)17(10-16(19)20)14-3-1-2-4-14/h11-14H,1-10H2,(H,19,20). The number of nitrogens with zero attached hydrogens (tertiary/aromatic N) is 1. The molecule has 0 spiro atoms.